The molecule has 18 heavy (non-hydrogen) atoms. The van der Waals surface area contributed by atoms with E-state index in [9.17, 15) is 4.79 Å². The molecule has 4 heteroatoms. The zero-order valence-corrected chi connectivity index (χ0v) is 10.0. The standard InChI is InChI=1S/C14H15NO3/c15-10-2-1-3-11-18-13-7-4-12(5-8-13)6-9-14(16)17/h4-9H,1-3,11H2,(H,16,17)/b9-6+. The first-order chi connectivity index (χ1) is 8.72. The van der Waals surface area contributed by atoms with Crippen molar-refractivity contribution in [3.63, 3.8) is 0 Å². The van der Waals surface area contributed by atoms with Crippen LogP contribution < -0.4 is 4.74 Å². The lowest BCUT2D eigenvalue weighted by Gasteiger charge is -2.05. The van der Waals surface area contributed by atoms with Gasteiger partial charge in [0.1, 0.15) is 5.75 Å². The Morgan fingerprint density at radius 2 is 2.06 bits per heavy atom. The van der Waals surface area contributed by atoms with E-state index in [4.69, 9.17) is 15.1 Å². The van der Waals surface area contributed by atoms with E-state index in [0.29, 0.717) is 13.0 Å². The number of ether oxygens (including phenoxy) is 1. The number of nitrogens with zero attached hydrogens (tertiary/aromatic N) is 1. The quantitative estimate of drug-likeness (QED) is 0.592. The van der Waals surface area contributed by atoms with Gasteiger partial charge in [0.2, 0.25) is 0 Å². The fourth-order valence-corrected chi connectivity index (χ4v) is 1.34. The summed E-state index contributed by atoms with van der Waals surface area (Å²) in [5.74, 6) is -0.216. The van der Waals surface area contributed by atoms with E-state index in [0.717, 1.165) is 30.2 Å². The summed E-state index contributed by atoms with van der Waals surface area (Å²) < 4.78 is 5.48. The molecule has 0 saturated heterocycles. The maximum Gasteiger partial charge on any atom is 0.328 e. The summed E-state index contributed by atoms with van der Waals surface area (Å²) in [5, 5.41) is 16.8. The van der Waals surface area contributed by atoms with Crippen LogP contribution in [0.3, 0.4) is 0 Å². The number of nitriles is 1. The fraction of sp³-hybridized carbons (Fsp3) is 0.286. The highest BCUT2D eigenvalue weighted by Crippen LogP contribution is 2.13. The van der Waals surface area contributed by atoms with Gasteiger partial charge < -0.3 is 9.84 Å². The van der Waals surface area contributed by atoms with Gasteiger partial charge >= 0.3 is 5.97 Å². The average Bonchev–Trinajstić information content (AvgIpc) is 2.37. The number of carbonyl (C=O) groups is 1. The van der Waals surface area contributed by atoms with Crippen LogP contribution in [0, 0.1) is 11.3 Å². The maximum atomic E-state index is 10.3. The van der Waals surface area contributed by atoms with Crippen molar-refractivity contribution in [2.45, 2.75) is 19.3 Å². The third kappa shape index (κ3) is 5.71. The van der Waals surface area contributed by atoms with Crippen LogP contribution in [0.1, 0.15) is 24.8 Å². The summed E-state index contributed by atoms with van der Waals surface area (Å²) in [5.41, 5.74) is 0.814. The van der Waals surface area contributed by atoms with Crippen LogP contribution in [0.15, 0.2) is 30.3 Å². The molecule has 1 N–H and O–H groups in total. The maximum absolute atomic E-state index is 10.3. The molecule has 0 saturated carbocycles. The molecule has 0 heterocycles. The first-order valence-electron chi connectivity index (χ1n) is 5.73. The summed E-state index contributed by atoms with van der Waals surface area (Å²) in [6.07, 6.45) is 4.88. The monoisotopic (exact) mass is 245 g/mol. The van der Waals surface area contributed by atoms with Crippen LogP contribution in [0.2, 0.25) is 0 Å². The van der Waals surface area contributed by atoms with E-state index in [1.807, 2.05) is 0 Å². The topological polar surface area (TPSA) is 70.3 Å². The zero-order chi connectivity index (χ0) is 13.2. The Balaban J connectivity index is 2.36. The normalized spacial score (nSPS) is 10.2. The smallest absolute Gasteiger partial charge is 0.328 e. The summed E-state index contributed by atoms with van der Waals surface area (Å²) in [4.78, 5) is 10.3. The number of carboxylic acid groups (broad SMARTS) is 1. The van der Waals surface area contributed by atoms with Crippen molar-refractivity contribution in [2.75, 3.05) is 6.61 Å². The van der Waals surface area contributed by atoms with Gasteiger partial charge in [0.05, 0.1) is 12.7 Å². The van der Waals surface area contributed by atoms with E-state index >= 15 is 0 Å². The van der Waals surface area contributed by atoms with Gasteiger partial charge in [0, 0.05) is 12.5 Å². The third-order valence-electron chi connectivity index (χ3n) is 2.25. The number of unbranched alkanes of at least 4 members (excludes halogenated alkanes) is 2. The minimum atomic E-state index is -0.965. The molecule has 0 spiro atoms. The summed E-state index contributed by atoms with van der Waals surface area (Å²) >= 11 is 0. The Hall–Kier alpha value is -2.28. The van der Waals surface area contributed by atoms with Crippen molar-refractivity contribution in [1.82, 2.24) is 0 Å². The molecule has 1 rings (SSSR count). The molecule has 94 valence electrons. The van der Waals surface area contributed by atoms with E-state index in [1.165, 1.54) is 6.08 Å². The van der Waals surface area contributed by atoms with Crippen LogP contribution in [0.4, 0.5) is 0 Å². The van der Waals surface area contributed by atoms with Crippen LogP contribution in [0.5, 0.6) is 5.75 Å². The van der Waals surface area contributed by atoms with Crippen LogP contribution >= 0.6 is 0 Å². The first kappa shape index (κ1) is 13.8. The molecule has 0 fully saturated rings. The van der Waals surface area contributed by atoms with Crippen LogP contribution in [0.25, 0.3) is 6.08 Å². The molecule has 0 atom stereocenters. The Kier molecular flexibility index (Phi) is 6.05. The van der Waals surface area contributed by atoms with Gasteiger partial charge in [0.15, 0.2) is 0 Å². The lowest BCUT2D eigenvalue weighted by atomic mass is 10.2. The van der Waals surface area contributed by atoms with Crippen molar-refractivity contribution in [3.8, 4) is 11.8 Å². The Morgan fingerprint density at radius 1 is 1.33 bits per heavy atom. The van der Waals surface area contributed by atoms with Crippen LogP contribution in [-0.4, -0.2) is 17.7 Å². The number of hydrogen-bond acceptors (Lipinski definition) is 3. The van der Waals surface area contributed by atoms with Gasteiger partial charge in [-0.3, -0.25) is 0 Å². The van der Waals surface area contributed by atoms with E-state index < -0.39 is 5.97 Å². The summed E-state index contributed by atoms with van der Waals surface area (Å²) in [6.45, 7) is 0.589. The van der Waals surface area contributed by atoms with Gasteiger partial charge in [-0.1, -0.05) is 12.1 Å². The number of rotatable bonds is 7. The molecular formula is C14H15NO3. The zero-order valence-electron chi connectivity index (χ0n) is 10.0. The minimum absolute atomic E-state index is 0.558. The number of aliphatic carboxylic acids is 1. The summed E-state index contributed by atoms with van der Waals surface area (Å²) in [7, 11) is 0. The van der Waals surface area contributed by atoms with Gasteiger partial charge in [-0.05, 0) is 36.6 Å². The van der Waals surface area contributed by atoms with Crippen molar-refractivity contribution in [2.24, 2.45) is 0 Å². The molecule has 0 bridgehead atoms. The molecule has 0 aliphatic heterocycles. The number of benzene rings is 1. The Morgan fingerprint density at radius 3 is 2.67 bits per heavy atom. The molecule has 0 amide bonds. The van der Waals surface area contributed by atoms with Gasteiger partial charge in [-0.25, -0.2) is 4.79 Å². The molecule has 0 aromatic heterocycles. The molecule has 0 aliphatic rings. The van der Waals surface area contributed by atoms with Crippen molar-refractivity contribution < 1.29 is 14.6 Å². The van der Waals surface area contributed by atoms with E-state index in [2.05, 4.69) is 6.07 Å². The van der Waals surface area contributed by atoms with Crippen LogP contribution in [-0.2, 0) is 4.79 Å². The first-order valence-corrected chi connectivity index (χ1v) is 5.73. The largest absolute Gasteiger partial charge is 0.494 e. The number of carboxylic acids is 1. The average molecular weight is 245 g/mol. The second kappa shape index (κ2) is 7.91. The Labute approximate surface area is 106 Å². The minimum Gasteiger partial charge on any atom is -0.494 e. The van der Waals surface area contributed by atoms with Crippen molar-refractivity contribution in [1.29, 1.82) is 5.26 Å². The van der Waals surface area contributed by atoms with E-state index in [-0.39, 0.29) is 0 Å². The second-order valence-corrected chi connectivity index (χ2v) is 3.70. The van der Waals surface area contributed by atoms with Gasteiger partial charge in [-0.15, -0.1) is 0 Å². The molecule has 1 aromatic rings. The SMILES string of the molecule is N#CCCCCOc1ccc(/C=C/C(=O)O)cc1. The fourth-order valence-electron chi connectivity index (χ4n) is 1.34. The predicted molar refractivity (Wildman–Crippen MR) is 68.1 cm³/mol. The lowest BCUT2D eigenvalue weighted by Crippen LogP contribution is -1.96. The summed E-state index contributed by atoms with van der Waals surface area (Å²) in [6, 6.07) is 9.27. The molecule has 1 aromatic carbocycles. The highest BCUT2D eigenvalue weighted by Gasteiger charge is 1.95. The lowest BCUT2D eigenvalue weighted by molar-refractivity contribution is -0.131. The predicted octanol–water partition coefficient (Wildman–Crippen LogP) is 2.86. The van der Waals surface area contributed by atoms with Gasteiger partial charge in [0.25, 0.3) is 0 Å². The highest BCUT2D eigenvalue weighted by atomic mass is 16.5. The molecule has 0 aliphatic carbocycles. The molecule has 0 unspecified atom stereocenters. The molecular weight excluding hydrogens is 230 g/mol. The second-order valence-electron chi connectivity index (χ2n) is 3.70. The van der Waals surface area contributed by atoms with Gasteiger partial charge in [-0.2, -0.15) is 5.26 Å². The molecule has 4 nitrogen and oxygen atoms in total. The third-order valence-corrected chi connectivity index (χ3v) is 2.25. The Bertz CT molecular complexity index is 443. The highest BCUT2D eigenvalue weighted by molar-refractivity contribution is 5.85. The molecule has 0 radical (unpaired) electrons. The number of hydrogen-bond donors (Lipinski definition) is 1. The van der Waals surface area contributed by atoms with Crippen molar-refractivity contribution >= 4 is 12.0 Å². The van der Waals surface area contributed by atoms with Crippen molar-refractivity contribution in [3.05, 3.63) is 35.9 Å². The van der Waals surface area contributed by atoms with E-state index in [1.54, 1.807) is 24.3 Å².